The van der Waals surface area contributed by atoms with Gasteiger partial charge in [0.25, 0.3) is 0 Å². The van der Waals surface area contributed by atoms with E-state index in [4.69, 9.17) is 4.74 Å². The number of aromatic carboxylic acids is 1. The predicted molar refractivity (Wildman–Crippen MR) is 119 cm³/mol. The summed E-state index contributed by atoms with van der Waals surface area (Å²) in [6.45, 7) is 1.08. The van der Waals surface area contributed by atoms with Crippen LogP contribution in [0.1, 0.15) is 41.6 Å². The van der Waals surface area contributed by atoms with Crippen LogP contribution in [0.15, 0.2) is 53.4 Å². The fraction of sp³-hybridized carbons (Fsp3) is 0.348. The molecule has 2 aliphatic rings. The maximum absolute atomic E-state index is 13.4. The number of benzene rings is 2. The number of fused-ring (bicyclic) bond motifs is 4. The average Bonchev–Trinajstić information content (AvgIpc) is 2.78. The Morgan fingerprint density at radius 3 is 2.78 bits per heavy atom. The molecule has 0 radical (unpaired) electrons. The molecule has 9 heteroatoms. The van der Waals surface area contributed by atoms with Crippen LogP contribution in [0.25, 0.3) is 0 Å². The van der Waals surface area contributed by atoms with E-state index in [9.17, 15) is 23.1 Å². The van der Waals surface area contributed by atoms with E-state index in [1.54, 1.807) is 6.07 Å². The van der Waals surface area contributed by atoms with Gasteiger partial charge in [-0.1, -0.05) is 12.2 Å². The second-order valence-corrected chi connectivity index (χ2v) is 8.61. The molecule has 1 fully saturated rings. The molecule has 0 bridgehead atoms. The van der Waals surface area contributed by atoms with Crippen LogP contribution in [0.5, 0.6) is 5.75 Å². The van der Waals surface area contributed by atoms with Gasteiger partial charge in [0.05, 0.1) is 27.4 Å². The topological polar surface area (TPSA) is 61.8 Å². The highest BCUT2D eigenvalue weighted by atomic mass is 32.2. The van der Waals surface area contributed by atoms with Crippen molar-refractivity contribution in [3.05, 3.63) is 59.7 Å². The number of ether oxygens (including phenoxy) is 1. The third-order valence-electron chi connectivity index (χ3n) is 5.63. The van der Waals surface area contributed by atoms with Gasteiger partial charge in [0.1, 0.15) is 12.4 Å². The Hall–Kier alpha value is -2.81. The number of hydrogen-bond acceptors (Lipinski definition) is 5. The molecule has 2 N–H and O–H groups in total. The van der Waals surface area contributed by atoms with E-state index in [0.717, 1.165) is 56.3 Å². The SMILES string of the molecule is O=C(O)c1ccc2c(c1)SNc1cc(C(F)(F)F)ccc1N1CCCCC1C/C=C/CO2. The molecule has 2 heterocycles. The number of piperidine rings is 1. The molecular weight excluding hydrogens is 441 g/mol. The second-order valence-electron chi connectivity index (χ2n) is 7.76. The molecule has 2 aliphatic heterocycles. The first-order valence-electron chi connectivity index (χ1n) is 10.4. The Balaban J connectivity index is 1.77. The molecule has 170 valence electrons. The smallest absolute Gasteiger partial charge is 0.416 e. The number of alkyl halides is 3. The lowest BCUT2D eigenvalue weighted by Crippen LogP contribution is -2.39. The number of carboxylic acid groups (broad SMARTS) is 1. The van der Waals surface area contributed by atoms with Crippen LogP contribution in [0.2, 0.25) is 0 Å². The third-order valence-corrected chi connectivity index (χ3v) is 6.49. The van der Waals surface area contributed by atoms with Gasteiger partial charge in [0, 0.05) is 12.6 Å². The first-order chi connectivity index (χ1) is 15.3. The summed E-state index contributed by atoms with van der Waals surface area (Å²) in [5.41, 5.74) is 0.381. The van der Waals surface area contributed by atoms with E-state index in [1.807, 2.05) is 12.2 Å². The van der Waals surface area contributed by atoms with Crippen molar-refractivity contribution in [1.29, 1.82) is 0 Å². The van der Waals surface area contributed by atoms with Crippen molar-refractivity contribution in [3.63, 3.8) is 0 Å². The lowest BCUT2D eigenvalue weighted by atomic mass is 9.97. The maximum atomic E-state index is 13.4. The summed E-state index contributed by atoms with van der Waals surface area (Å²) in [7, 11) is 0. The van der Waals surface area contributed by atoms with Crippen LogP contribution in [-0.2, 0) is 6.18 Å². The minimum absolute atomic E-state index is 0.0712. The van der Waals surface area contributed by atoms with E-state index < -0.39 is 17.7 Å². The lowest BCUT2D eigenvalue weighted by molar-refractivity contribution is -0.137. The molecule has 0 aliphatic carbocycles. The molecule has 0 amide bonds. The van der Waals surface area contributed by atoms with E-state index in [-0.39, 0.29) is 11.6 Å². The molecular formula is C23H23F3N2O3S. The summed E-state index contributed by atoms with van der Waals surface area (Å²) < 4.78 is 49.1. The van der Waals surface area contributed by atoms with E-state index in [0.29, 0.717) is 28.6 Å². The third kappa shape index (κ3) is 4.98. The lowest BCUT2D eigenvalue weighted by Gasteiger charge is -2.38. The zero-order chi connectivity index (χ0) is 22.7. The normalized spacial score (nSPS) is 20.1. The molecule has 2 aromatic rings. The molecule has 1 unspecified atom stereocenters. The monoisotopic (exact) mass is 464 g/mol. The minimum atomic E-state index is -4.47. The van der Waals surface area contributed by atoms with Gasteiger partial charge in [0.2, 0.25) is 0 Å². The van der Waals surface area contributed by atoms with Crippen molar-refractivity contribution in [2.24, 2.45) is 0 Å². The first kappa shape index (κ1) is 22.4. The summed E-state index contributed by atoms with van der Waals surface area (Å²) in [6.07, 6.45) is 3.27. The predicted octanol–water partition coefficient (Wildman–Crippen LogP) is 6.22. The summed E-state index contributed by atoms with van der Waals surface area (Å²) >= 11 is 1.04. The van der Waals surface area contributed by atoms with Gasteiger partial charge in [-0.2, -0.15) is 13.2 Å². The zero-order valence-electron chi connectivity index (χ0n) is 17.2. The van der Waals surface area contributed by atoms with Crippen molar-refractivity contribution in [2.75, 3.05) is 22.8 Å². The summed E-state index contributed by atoms with van der Waals surface area (Å²) in [5.74, 6) is -0.630. The summed E-state index contributed by atoms with van der Waals surface area (Å²) in [6, 6.07) is 8.41. The van der Waals surface area contributed by atoms with E-state index >= 15 is 0 Å². The second kappa shape index (κ2) is 9.36. The Kier molecular flexibility index (Phi) is 6.55. The van der Waals surface area contributed by atoms with Crippen molar-refractivity contribution >= 4 is 29.3 Å². The zero-order valence-corrected chi connectivity index (χ0v) is 18.0. The van der Waals surface area contributed by atoms with Crippen molar-refractivity contribution < 1.29 is 27.8 Å². The number of carbonyl (C=O) groups is 1. The number of nitrogens with one attached hydrogen (secondary N) is 1. The van der Waals surface area contributed by atoms with E-state index in [2.05, 4.69) is 9.62 Å². The molecule has 2 aromatic carbocycles. The number of carboxylic acids is 1. The minimum Gasteiger partial charge on any atom is -0.488 e. The van der Waals surface area contributed by atoms with Gasteiger partial charge < -0.3 is 19.5 Å². The Morgan fingerprint density at radius 2 is 2.00 bits per heavy atom. The van der Waals surface area contributed by atoms with Gasteiger partial charge in [-0.15, -0.1) is 0 Å². The fourth-order valence-corrected chi connectivity index (χ4v) is 4.81. The fourth-order valence-electron chi connectivity index (χ4n) is 4.02. The molecule has 5 nitrogen and oxygen atoms in total. The standard InChI is InChI=1S/C23H23F3N2O3S/c24-23(25,26)16-8-9-19-18(14-16)27-32-21-13-15(22(29)30)7-10-20(21)31-12-4-2-6-17-5-1-3-11-28(17)19/h2,4,7-10,13-14,17,27H,1,3,5-6,11-12H2,(H,29,30)/b4-2+. The highest BCUT2D eigenvalue weighted by molar-refractivity contribution is 8.00. The summed E-state index contributed by atoms with van der Waals surface area (Å²) in [5, 5.41) is 9.33. The molecule has 4 rings (SSSR count). The molecule has 0 saturated carbocycles. The number of hydrogen-bond donors (Lipinski definition) is 2. The van der Waals surface area contributed by atoms with Crippen LogP contribution >= 0.6 is 11.9 Å². The van der Waals surface area contributed by atoms with Crippen LogP contribution in [0, 0.1) is 0 Å². The van der Waals surface area contributed by atoms with Crippen LogP contribution in [-0.4, -0.2) is 30.3 Å². The van der Waals surface area contributed by atoms with Crippen molar-refractivity contribution in [2.45, 2.75) is 42.8 Å². The molecule has 1 atom stereocenters. The van der Waals surface area contributed by atoms with Crippen molar-refractivity contribution in [1.82, 2.24) is 0 Å². The van der Waals surface area contributed by atoms with Gasteiger partial charge in [-0.05, 0) is 74.0 Å². The Labute approximate surface area is 188 Å². The van der Waals surface area contributed by atoms with Crippen LogP contribution in [0.4, 0.5) is 24.5 Å². The highest BCUT2D eigenvalue weighted by Gasteiger charge is 2.32. The molecule has 0 aromatic heterocycles. The first-order valence-corrected chi connectivity index (χ1v) is 11.2. The van der Waals surface area contributed by atoms with Crippen LogP contribution in [0.3, 0.4) is 0 Å². The average molecular weight is 465 g/mol. The Morgan fingerprint density at radius 1 is 1.16 bits per heavy atom. The largest absolute Gasteiger partial charge is 0.488 e. The van der Waals surface area contributed by atoms with Gasteiger partial charge >= 0.3 is 12.1 Å². The maximum Gasteiger partial charge on any atom is 0.416 e. The number of nitrogens with zero attached hydrogens (tertiary/aromatic N) is 1. The molecule has 32 heavy (non-hydrogen) atoms. The van der Waals surface area contributed by atoms with Gasteiger partial charge in [0.15, 0.2) is 0 Å². The van der Waals surface area contributed by atoms with Crippen LogP contribution < -0.4 is 14.4 Å². The van der Waals surface area contributed by atoms with Gasteiger partial charge in [-0.3, -0.25) is 0 Å². The number of rotatable bonds is 1. The highest BCUT2D eigenvalue weighted by Crippen LogP contribution is 2.41. The quantitative estimate of drug-likeness (QED) is 0.386. The van der Waals surface area contributed by atoms with E-state index in [1.165, 1.54) is 18.2 Å². The van der Waals surface area contributed by atoms with Gasteiger partial charge in [-0.25, -0.2) is 4.79 Å². The Bertz CT molecular complexity index is 1030. The number of anilines is 2. The molecule has 0 spiro atoms. The van der Waals surface area contributed by atoms with Crippen molar-refractivity contribution in [3.8, 4) is 5.75 Å². The summed E-state index contributed by atoms with van der Waals surface area (Å²) in [4.78, 5) is 14.1. The number of halogens is 3. The molecule has 1 saturated heterocycles.